The summed E-state index contributed by atoms with van der Waals surface area (Å²) in [5.41, 5.74) is 4.18. The zero-order valence-electron chi connectivity index (χ0n) is 19.2. The average Bonchev–Trinajstić information content (AvgIpc) is 3.59. The fourth-order valence-electron chi connectivity index (χ4n) is 3.14. The van der Waals surface area contributed by atoms with Gasteiger partial charge in [-0.1, -0.05) is 6.58 Å². The number of aromatic nitrogens is 1. The number of amides is 2. The molecule has 1 aromatic carbocycles. The van der Waals surface area contributed by atoms with E-state index in [1.807, 2.05) is 0 Å². The SMILES string of the molecule is C=C(C)/N=C\C(=C/N)C(=O)NC1(C(=O)NCc2ccc(Nc3ccc(F)cc3C(F)(F)F)cn2)CC1. The second-order valence-corrected chi connectivity index (χ2v) is 8.19. The molecule has 1 heterocycles. The van der Waals surface area contributed by atoms with Crippen LogP contribution in [0.3, 0.4) is 0 Å². The number of nitrogens with zero attached hydrogens (tertiary/aromatic N) is 2. The average molecular weight is 504 g/mol. The number of alkyl halides is 3. The summed E-state index contributed by atoms with van der Waals surface area (Å²) in [5.74, 6) is -1.96. The van der Waals surface area contributed by atoms with Crippen LogP contribution >= 0.6 is 0 Å². The highest BCUT2D eigenvalue weighted by Gasteiger charge is 2.51. The van der Waals surface area contributed by atoms with Crippen LogP contribution in [0, 0.1) is 5.82 Å². The van der Waals surface area contributed by atoms with Gasteiger partial charge in [0.25, 0.3) is 5.91 Å². The second kappa shape index (κ2) is 10.6. The predicted octanol–water partition coefficient (Wildman–Crippen LogP) is 3.70. The molecule has 2 aromatic rings. The van der Waals surface area contributed by atoms with Gasteiger partial charge < -0.3 is 21.7 Å². The molecule has 0 radical (unpaired) electrons. The van der Waals surface area contributed by atoms with Crippen LogP contribution in [0.4, 0.5) is 28.9 Å². The van der Waals surface area contributed by atoms with E-state index in [0.29, 0.717) is 30.3 Å². The maximum atomic E-state index is 13.3. The predicted molar refractivity (Wildman–Crippen MR) is 126 cm³/mol. The summed E-state index contributed by atoms with van der Waals surface area (Å²) in [5, 5.41) is 7.93. The first-order valence-corrected chi connectivity index (χ1v) is 10.7. The lowest BCUT2D eigenvalue weighted by Gasteiger charge is -2.17. The number of benzene rings is 1. The van der Waals surface area contributed by atoms with Gasteiger partial charge in [0, 0.05) is 18.1 Å². The van der Waals surface area contributed by atoms with Crippen LogP contribution in [-0.4, -0.2) is 28.6 Å². The van der Waals surface area contributed by atoms with Crippen molar-refractivity contribution < 1.29 is 27.2 Å². The largest absolute Gasteiger partial charge is 0.418 e. The van der Waals surface area contributed by atoms with Crippen LogP contribution in [0.1, 0.15) is 31.0 Å². The third-order valence-electron chi connectivity index (χ3n) is 5.22. The molecule has 2 amide bonds. The molecule has 0 aliphatic heterocycles. The molecule has 3 rings (SSSR count). The van der Waals surface area contributed by atoms with E-state index < -0.39 is 34.9 Å². The van der Waals surface area contributed by atoms with Gasteiger partial charge in [-0.2, -0.15) is 13.2 Å². The van der Waals surface area contributed by atoms with Gasteiger partial charge in [-0.05, 0) is 50.1 Å². The van der Waals surface area contributed by atoms with Crippen LogP contribution in [-0.2, 0) is 22.3 Å². The Bertz CT molecular complexity index is 1220. The number of anilines is 2. The van der Waals surface area contributed by atoms with Crippen LogP contribution in [0.5, 0.6) is 0 Å². The summed E-state index contributed by atoms with van der Waals surface area (Å²) in [6.07, 6.45) is -0.230. The summed E-state index contributed by atoms with van der Waals surface area (Å²) < 4.78 is 52.8. The van der Waals surface area contributed by atoms with Gasteiger partial charge in [-0.3, -0.25) is 19.6 Å². The van der Waals surface area contributed by atoms with Crippen molar-refractivity contribution in [2.75, 3.05) is 5.32 Å². The van der Waals surface area contributed by atoms with E-state index in [9.17, 15) is 27.2 Å². The summed E-state index contributed by atoms with van der Waals surface area (Å²) >= 11 is 0. The molecule has 0 atom stereocenters. The molecule has 0 saturated heterocycles. The van der Waals surface area contributed by atoms with E-state index in [0.717, 1.165) is 18.3 Å². The molecule has 36 heavy (non-hydrogen) atoms. The van der Waals surface area contributed by atoms with Crippen molar-refractivity contribution in [3.05, 3.63) is 77.7 Å². The van der Waals surface area contributed by atoms with Gasteiger partial charge in [-0.25, -0.2) is 4.39 Å². The van der Waals surface area contributed by atoms with E-state index in [-0.39, 0.29) is 23.5 Å². The molecule has 1 aliphatic carbocycles. The highest BCUT2D eigenvalue weighted by atomic mass is 19.4. The Morgan fingerprint density at radius 2 is 1.97 bits per heavy atom. The quantitative estimate of drug-likeness (QED) is 0.236. The van der Waals surface area contributed by atoms with Crippen molar-refractivity contribution in [3.8, 4) is 0 Å². The lowest BCUT2D eigenvalue weighted by atomic mass is 10.1. The van der Waals surface area contributed by atoms with Gasteiger partial charge in [0.05, 0.1) is 40.9 Å². The standard InChI is InChI=1S/C24H24F4N6O2/c1-14(2)30-11-15(10-29)21(35)34-23(7-8-23)22(36)32-12-17-4-5-18(13-31-17)33-20-6-3-16(25)9-19(20)24(26,27)28/h3-6,9-11,13,33H,1,7-8,12,29H2,2H3,(H,32,36)(H,34,35)/b15-10+,30-11-. The summed E-state index contributed by atoms with van der Waals surface area (Å²) in [7, 11) is 0. The fraction of sp³-hybridized carbons (Fsp3) is 0.250. The number of nitrogens with two attached hydrogens (primary N) is 1. The van der Waals surface area contributed by atoms with E-state index in [1.54, 1.807) is 6.92 Å². The molecule has 0 bridgehead atoms. The molecule has 8 nitrogen and oxygen atoms in total. The first kappa shape index (κ1) is 26.4. The highest BCUT2D eigenvalue weighted by molar-refractivity contribution is 6.13. The van der Waals surface area contributed by atoms with Gasteiger partial charge in [0.2, 0.25) is 5.91 Å². The Hall–Kier alpha value is -4.22. The van der Waals surface area contributed by atoms with Crippen molar-refractivity contribution in [2.45, 2.75) is 38.0 Å². The van der Waals surface area contributed by atoms with E-state index in [2.05, 4.69) is 32.5 Å². The first-order chi connectivity index (χ1) is 16.9. The van der Waals surface area contributed by atoms with Crippen LogP contribution in [0.2, 0.25) is 0 Å². The molecular weight excluding hydrogens is 480 g/mol. The molecule has 12 heteroatoms. The Balaban J connectivity index is 1.59. The maximum Gasteiger partial charge on any atom is 0.418 e. The molecular formula is C24H24F4N6O2. The first-order valence-electron chi connectivity index (χ1n) is 10.7. The molecule has 5 N–H and O–H groups in total. The minimum atomic E-state index is -4.74. The zero-order chi connectivity index (χ0) is 26.5. The molecule has 0 unspecified atom stereocenters. The summed E-state index contributed by atoms with van der Waals surface area (Å²) in [6.45, 7) is 5.28. The Morgan fingerprint density at radius 1 is 1.25 bits per heavy atom. The minimum absolute atomic E-state index is 0.0256. The molecule has 1 fully saturated rings. The third kappa shape index (κ3) is 6.68. The number of allylic oxidation sites excluding steroid dienone is 1. The van der Waals surface area contributed by atoms with Crippen molar-refractivity contribution >= 4 is 29.4 Å². The number of hydrogen-bond donors (Lipinski definition) is 4. The number of aliphatic imine (C=N–C) groups is 1. The lowest BCUT2D eigenvalue weighted by molar-refractivity contribution is -0.137. The zero-order valence-corrected chi connectivity index (χ0v) is 19.2. The van der Waals surface area contributed by atoms with Gasteiger partial charge in [-0.15, -0.1) is 0 Å². The Kier molecular flexibility index (Phi) is 7.76. The number of pyridine rings is 1. The molecule has 1 aliphatic rings. The number of carbonyl (C=O) groups is 2. The summed E-state index contributed by atoms with van der Waals surface area (Å²) in [6, 6.07) is 5.31. The minimum Gasteiger partial charge on any atom is -0.404 e. The van der Waals surface area contributed by atoms with Gasteiger partial charge in [0.1, 0.15) is 11.4 Å². The van der Waals surface area contributed by atoms with Crippen molar-refractivity contribution in [1.29, 1.82) is 0 Å². The van der Waals surface area contributed by atoms with Crippen molar-refractivity contribution in [3.63, 3.8) is 0 Å². The second-order valence-electron chi connectivity index (χ2n) is 8.19. The fourth-order valence-corrected chi connectivity index (χ4v) is 3.14. The van der Waals surface area contributed by atoms with Crippen LogP contribution in [0.25, 0.3) is 0 Å². The maximum absolute atomic E-state index is 13.3. The number of nitrogens with one attached hydrogen (secondary N) is 3. The molecule has 0 spiro atoms. The third-order valence-corrected chi connectivity index (χ3v) is 5.22. The number of halogens is 4. The van der Waals surface area contributed by atoms with E-state index >= 15 is 0 Å². The lowest BCUT2D eigenvalue weighted by Crippen LogP contribution is -2.49. The monoisotopic (exact) mass is 504 g/mol. The summed E-state index contributed by atoms with van der Waals surface area (Å²) in [4.78, 5) is 33.2. The highest BCUT2D eigenvalue weighted by Crippen LogP contribution is 2.37. The molecule has 190 valence electrons. The molecule has 1 aromatic heterocycles. The van der Waals surface area contributed by atoms with Crippen LogP contribution in [0.15, 0.2) is 65.6 Å². The Morgan fingerprint density at radius 3 is 2.53 bits per heavy atom. The Labute approximate surface area is 204 Å². The van der Waals surface area contributed by atoms with Crippen molar-refractivity contribution in [2.24, 2.45) is 10.7 Å². The number of carbonyl (C=O) groups excluding carboxylic acids is 2. The van der Waals surface area contributed by atoms with Gasteiger partial charge >= 0.3 is 6.18 Å². The number of rotatable bonds is 9. The van der Waals surface area contributed by atoms with Gasteiger partial charge in [0.15, 0.2) is 0 Å². The van der Waals surface area contributed by atoms with Crippen molar-refractivity contribution in [1.82, 2.24) is 15.6 Å². The smallest absolute Gasteiger partial charge is 0.404 e. The number of hydrogen-bond acceptors (Lipinski definition) is 6. The van der Waals surface area contributed by atoms with E-state index in [1.165, 1.54) is 24.5 Å². The van der Waals surface area contributed by atoms with E-state index in [4.69, 9.17) is 5.73 Å². The molecule has 1 saturated carbocycles. The normalized spacial score (nSPS) is 14.9. The topological polar surface area (TPSA) is 121 Å². The van der Waals surface area contributed by atoms with Crippen LogP contribution < -0.4 is 21.7 Å².